The lowest BCUT2D eigenvalue weighted by Gasteiger charge is -1.98. The van der Waals surface area contributed by atoms with Gasteiger partial charge in [-0.15, -0.1) is 5.10 Å². The molecule has 0 bridgehead atoms. The molecule has 1 heterocycles. The fraction of sp³-hybridized carbons (Fsp3) is 0.308. The summed E-state index contributed by atoms with van der Waals surface area (Å²) in [5.41, 5.74) is 1.47. The van der Waals surface area contributed by atoms with Crippen LogP contribution in [0.3, 0.4) is 0 Å². The summed E-state index contributed by atoms with van der Waals surface area (Å²) in [5.74, 6) is -0.801. The monoisotopic (exact) mass is 290 g/mol. The van der Waals surface area contributed by atoms with Gasteiger partial charge in [0.05, 0.1) is 22.5 Å². The van der Waals surface area contributed by atoms with Crippen LogP contribution in [0.25, 0.3) is 5.69 Å². The molecule has 8 nitrogen and oxygen atoms in total. The fourth-order valence-electron chi connectivity index (χ4n) is 1.85. The molecule has 0 aliphatic rings. The number of nitrogens with zero attached hydrogens (tertiary/aromatic N) is 4. The first-order valence-corrected chi connectivity index (χ1v) is 6.44. The molecule has 2 rings (SSSR count). The zero-order chi connectivity index (χ0) is 15.2. The van der Waals surface area contributed by atoms with Crippen LogP contribution in [0.2, 0.25) is 0 Å². The number of benzene rings is 1. The molecule has 0 fully saturated rings. The second kappa shape index (κ2) is 6.60. The van der Waals surface area contributed by atoms with Gasteiger partial charge in [-0.2, -0.15) is 0 Å². The fourth-order valence-corrected chi connectivity index (χ4v) is 1.85. The van der Waals surface area contributed by atoms with Crippen molar-refractivity contribution in [3.8, 4) is 5.69 Å². The highest BCUT2D eigenvalue weighted by Gasteiger charge is 2.07. The zero-order valence-electron chi connectivity index (χ0n) is 11.2. The Labute approximate surface area is 120 Å². The van der Waals surface area contributed by atoms with Crippen molar-refractivity contribution in [1.82, 2.24) is 15.0 Å². The van der Waals surface area contributed by atoms with E-state index in [0.29, 0.717) is 18.5 Å². The van der Waals surface area contributed by atoms with Crippen LogP contribution in [0.4, 0.5) is 5.69 Å². The number of nitro groups is 1. The Morgan fingerprint density at radius 1 is 1.29 bits per heavy atom. The Balaban J connectivity index is 1.96. The van der Waals surface area contributed by atoms with E-state index in [1.807, 2.05) is 0 Å². The van der Waals surface area contributed by atoms with Gasteiger partial charge in [-0.05, 0) is 31.4 Å². The van der Waals surface area contributed by atoms with Crippen LogP contribution in [-0.2, 0) is 11.2 Å². The predicted octanol–water partition coefficient (Wildman–Crippen LogP) is 1.97. The molecule has 0 aliphatic carbocycles. The van der Waals surface area contributed by atoms with E-state index in [1.54, 1.807) is 18.3 Å². The van der Waals surface area contributed by atoms with Gasteiger partial charge in [0.15, 0.2) is 0 Å². The summed E-state index contributed by atoms with van der Waals surface area (Å²) in [5, 5.41) is 27.1. The molecule has 21 heavy (non-hydrogen) atoms. The normalized spacial score (nSPS) is 10.5. The lowest BCUT2D eigenvalue weighted by Crippen LogP contribution is -1.95. The van der Waals surface area contributed by atoms with Crippen molar-refractivity contribution in [3.05, 3.63) is 46.3 Å². The molecule has 0 radical (unpaired) electrons. The number of carboxylic acids is 1. The van der Waals surface area contributed by atoms with Gasteiger partial charge in [0.2, 0.25) is 0 Å². The highest BCUT2D eigenvalue weighted by molar-refractivity contribution is 5.66. The van der Waals surface area contributed by atoms with Crippen molar-refractivity contribution >= 4 is 11.7 Å². The maximum Gasteiger partial charge on any atom is 0.303 e. The number of carbonyl (C=O) groups is 1. The molecule has 0 saturated heterocycles. The van der Waals surface area contributed by atoms with E-state index < -0.39 is 10.9 Å². The first kappa shape index (κ1) is 14.6. The minimum atomic E-state index is -0.801. The molecule has 0 amide bonds. The van der Waals surface area contributed by atoms with E-state index in [1.165, 1.54) is 16.8 Å². The van der Waals surface area contributed by atoms with E-state index in [-0.39, 0.29) is 12.1 Å². The molecule has 0 atom stereocenters. The van der Waals surface area contributed by atoms with Crippen LogP contribution in [0.5, 0.6) is 0 Å². The van der Waals surface area contributed by atoms with Gasteiger partial charge in [0.25, 0.3) is 5.69 Å². The standard InChI is InChI=1S/C13H14N4O4/c18-13(19)4-2-1-3-10-9-16(15-14-10)11-5-7-12(8-6-11)17(20)21/h5-9H,1-4H2,(H,18,19). The smallest absolute Gasteiger partial charge is 0.303 e. The first-order chi connectivity index (χ1) is 10.1. The lowest BCUT2D eigenvalue weighted by molar-refractivity contribution is -0.384. The van der Waals surface area contributed by atoms with Gasteiger partial charge in [-0.1, -0.05) is 5.21 Å². The highest BCUT2D eigenvalue weighted by atomic mass is 16.6. The molecule has 8 heteroatoms. The number of carboxylic acid groups (broad SMARTS) is 1. The zero-order valence-corrected chi connectivity index (χ0v) is 11.2. The summed E-state index contributed by atoms with van der Waals surface area (Å²) in [6.07, 6.45) is 3.86. The van der Waals surface area contributed by atoms with E-state index in [4.69, 9.17) is 5.11 Å². The quantitative estimate of drug-likeness (QED) is 0.474. The van der Waals surface area contributed by atoms with Crippen molar-refractivity contribution in [2.75, 3.05) is 0 Å². The van der Waals surface area contributed by atoms with E-state index in [9.17, 15) is 14.9 Å². The Kier molecular flexibility index (Phi) is 4.60. The van der Waals surface area contributed by atoms with Gasteiger partial charge < -0.3 is 5.11 Å². The Morgan fingerprint density at radius 2 is 2.00 bits per heavy atom. The topological polar surface area (TPSA) is 111 Å². The lowest BCUT2D eigenvalue weighted by atomic mass is 10.1. The van der Waals surface area contributed by atoms with E-state index in [2.05, 4.69) is 10.3 Å². The molecule has 0 saturated carbocycles. The van der Waals surface area contributed by atoms with Crippen molar-refractivity contribution in [3.63, 3.8) is 0 Å². The largest absolute Gasteiger partial charge is 0.481 e. The maximum atomic E-state index is 10.6. The number of rotatable bonds is 7. The number of aryl methyl sites for hydroxylation is 1. The third-order valence-corrected chi connectivity index (χ3v) is 2.94. The molecule has 0 aliphatic heterocycles. The summed E-state index contributed by atoms with van der Waals surface area (Å²) in [6, 6.07) is 6.01. The number of hydrogen-bond donors (Lipinski definition) is 1. The van der Waals surface area contributed by atoms with E-state index >= 15 is 0 Å². The summed E-state index contributed by atoms with van der Waals surface area (Å²) < 4.78 is 1.54. The molecule has 1 aromatic carbocycles. The molecular formula is C13H14N4O4. The predicted molar refractivity (Wildman–Crippen MR) is 73.2 cm³/mol. The third-order valence-electron chi connectivity index (χ3n) is 2.94. The van der Waals surface area contributed by atoms with Gasteiger partial charge in [0.1, 0.15) is 0 Å². The Hall–Kier alpha value is -2.77. The minimum absolute atomic E-state index is 0.0211. The molecule has 110 valence electrons. The molecule has 1 N–H and O–H groups in total. The Bertz CT molecular complexity index is 636. The van der Waals surface area contributed by atoms with Crippen LogP contribution in [0.15, 0.2) is 30.5 Å². The van der Waals surface area contributed by atoms with Crippen LogP contribution >= 0.6 is 0 Å². The third kappa shape index (κ3) is 4.10. The Morgan fingerprint density at radius 3 is 2.62 bits per heavy atom. The highest BCUT2D eigenvalue weighted by Crippen LogP contribution is 2.15. The average molecular weight is 290 g/mol. The van der Waals surface area contributed by atoms with Gasteiger partial charge in [-0.3, -0.25) is 14.9 Å². The van der Waals surface area contributed by atoms with Crippen LogP contribution in [0.1, 0.15) is 25.0 Å². The molecule has 0 unspecified atom stereocenters. The summed E-state index contributed by atoms with van der Waals surface area (Å²) in [6.45, 7) is 0. The number of aromatic nitrogens is 3. The second-order valence-corrected chi connectivity index (χ2v) is 4.53. The molecule has 2 aromatic rings. The SMILES string of the molecule is O=C(O)CCCCc1cn(-c2ccc([N+](=O)[O-])cc2)nn1. The summed E-state index contributed by atoms with van der Waals surface area (Å²) >= 11 is 0. The van der Waals surface area contributed by atoms with Crippen molar-refractivity contribution in [1.29, 1.82) is 0 Å². The second-order valence-electron chi connectivity index (χ2n) is 4.53. The number of unbranched alkanes of at least 4 members (excludes halogenated alkanes) is 1. The maximum absolute atomic E-state index is 10.6. The van der Waals surface area contributed by atoms with Gasteiger partial charge >= 0.3 is 5.97 Å². The van der Waals surface area contributed by atoms with Crippen molar-refractivity contribution in [2.24, 2.45) is 0 Å². The molecular weight excluding hydrogens is 276 g/mol. The first-order valence-electron chi connectivity index (χ1n) is 6.44. The summed E-state index contributed by atoms with van der Waals surface area (Å²) in [4.78, 5) is 20.5. The summed E-state index contributed by atoms with van der Waals surface area (Å²) in [7, 11) is 0. The van der Waals surface area contributed by atoms with Crippen molar-refractivity contribution < 1.29 is 14.8 Å². The van der Waals surface area contributed by atoms with Crippen LogP contribution < -0.4 is 0 Å². The van der Waals surface area contributed by atoms with Crippen molar-refractivity contribution in [2.45, 2.75) is 25.7 Å². The van der Waals surface area contributed by atoms with Crippen LogP contribution in [-0.4, -0.2) is 31.0 Å². The molecule has 0 spiro atoms. The number of hydrogen-bond acceptors (Lipinski definition) is 5. The molecule has 1 aromatic heterocycles. The van der Waals surface area contributed by atoms with E-state index in [0.717, 1.165) is 12.1 Å². The average Bonchev–Trinajstić information content (AvgIpc) is 2.92. The number of nitro benzene ring substituents is 1. The number of aliphatic carboxylic acids is 1. The van der Waals surface area contributed by atoms with Gasteiger partial charge in [-0.25, -0.2) is 4.68 Å². The van der Waals surface area contributed by atoms with Crippen LogP contribution in [0, 0.1) is 10.1 Å². The van der Waals surface area contributed by atoms with Gasteiger partial charge in [0, 0.05) is 18.6 Å². The number of non-ortho nitro benzene ring substituents is 1. The minimum Gasteiger partial charge on any atom is -0.481 e.